The van der Waals surface area contributed by atoms with Gasteiger partial charge in [-0.15, -0.1) is 11.3 Å². The number of rotatable bonds is 9. The minimum absolute atomic E-state index is 0.0202. The summed E-state index contributed by atoms with van der Waals surface area (Å²) >= 11 is 7.45. The quantitative estimate of drug-likeness (QED) is 0.418. The molecule has 0 amide bonds. The summed E-state index contributed by atoms with van der Waals surface area (Å²) in [6, 6.07) is 6.11. The van der Waals surface area contributed by atoms with E-state index >= 15 is 0 Å². The van der Waals surface area contributed by atoms with Crippen LogP contribution >= 0.6 is 22.9 Å². The van der Waals surface area contributed by atoms with E-state index < -0.39 is 26.6 Å². The molecule has 0 aliphatic carbocycles. The van der Waals surface area contributed by atoms with Crippen molar-refractivity contribution in [2.24, 2.45) is 0 Å². The van der Waals surface area contributed by atoms with Crippen molar-refractivity contribution in [3.05, 3.63) is 57.9 Å². The van der Waals surface area contributed by atoms with Crippen molar-refractivity contribution in [3.8, 4) is 0 Å². The Labute approximate surface area is 188 Å². The van der Waals surface area contributed by atoms with Gasteiger partial charge < -0.3 is 15.5 Å². The summed E-state index contributed by atoms with van der Waals surface area (Å²) in [5.41, 5.74) is 2.61. The molecule has 1 aromatic heterocycles. The van der Waals surface area contributed by atoms with Crippen molar-refractivity contribution in [1.29, 1.82) is 0 Å². The Morgan fingerprint density at radius 1 is 1.19 bits per heavy atom. The maximum absolute atomic E-state index is 14.7. The van der Waals surface area contributed by atoms with Gasteiger partial charge in [0.25, 0.3) is 10.0 Å². The van der Waals surface area contributed by atoms with Crippen LogP contribution in [0.1, 0.15) is 0 Å². The minimum Gasteiger partial charge on any atom is -0.372 e. The van der Waals surface area contributed by atoms with Crippen molar-refractivity contribution >= 4 is 55.8 Å². The van der Waals surface area contributed by atoms with Gasteiger partial charge in [-0.05, 0) is 31.3 Å². The number of nitrogens with one attached hydrogen (secondary N) is 3. The fourth-order valence-electron chi connectivity index (χ4n) is 2.76. The molecule has 2 aromatic carbocycles. The highest BCUT2D eigenvalue weighted by Crippen LogP contribution is 2.34. The number of halogens is 3. The standard InChI is InChI=1S/C19H20ClF2N5O2S2/c1-23-5-6-27(2)17-7-12(21)3-4-15(17)25-16-9-14(22)18(8-13(16)20)31(28,29)26-19-10-30-11-24-19/h3-4,7-11,23,25-26H,5-6H2,1-2H3. The van der Waals surface area contributed by atoms with Crippen LogP contribution in [0.5, 0.6) is 0 Å². The molecule has 12 heteroatoms. The largest absolute Gasteiger partial charge is 0.372 e. The Morgan fingerprint density at radius 3 is 2.65 bits per heavy atom. The third-order valence-corrected chi connectivity index (χ3v) is 6.59. The highest BCUT2D eigenvalue weighted by molar-refractivity contribution is 7.92. The summed E-state index contributed by atoms with van der Waals surface area (Å²) in [5, 5.41) is 7.43. The molecule has 0 spiro atoms. The van der Waals surface area contributed by atoms with Crippen molar-refractivity contribution in [3.63, 3.8) is 0 Å². The highest BCUT2D eigenvalue weighted by atomic mass is 35.5. The number of hydrogen-bond donors (Lipinski definition) is 3. The maximum atomic E-state index is 14.7. The second-order valence-electron chi connectivity index (χ2n) is 6.55. The van der Waals surface area contributed by atoms with Gasteiger partial charge in [0.15, 0.2) is 5.82 Å². The van der Waals surface area contributed by atoms with Gasteiger partial charge in [0, 0.05) is 31.6 Å². The summed E-state index contributed by atoms with van der Waals surface area (Å²) in [6.45, 7) is 1.26. The van der Waals surface area contributed by atoms with E-state index in [9.17, 15) is 17.2 Å². The van der Waals surface area contributed by atoms with E-state index in [1.54, 1.807) is 14.1 Å². The lowest BCUT2D eigenvalue weighted by molar-refractivity contribution is 0.570. The third kappa shape index (κ3) is 5.62. The van der Waals surface area contributed by atoms with Gasteiger partial charge in [0.1, 0.15) is 16.5 Å². The van der Waals surface area contributed by atoms with Crippen LogP contribution in [0.25, 0.3) is 0 Å². The lowest BCUT2D eigenvalue weighted by Gasteiger charge is -2.23. The van der Waals surface area contributed by atoms with E-state index in [-0.39, 0.29) is 16.5 Å². The van der Waals surface area contributed by atoms with Crippen LogP contribution in [-0.4, -0.2) is 40.6 Å². The smallest absolute Gasteiger partial charge is 0.266 e. The predicted molar refractivity (Wildman–Crippen MR) is 121 cm³/mol. The van der Waals surface area contributed by atoms with Crippen LogP contribution < -0.4 is 20.3 Å². The van der Waals surface area contributed by atoms with Crippen molar-refractivity contribution in [2.75, 3.05) is 42.1 Å². The van der Waals surface area contributed by atoms with Crippen molar-refractivity contribution < 1.29 is 17.2 Å². The number of hydrogen-bond acceptors (Lipinski definition) is 7. The lowest BCUT2D eigenvalue weighted by atomic mass is 10.2. The number of benzene rings is 2. The first-order valence-corrected chi connectivity index (χ1v) is 11.8. The van der Waals surface area contributed by atoms with Gasteiger partial charge in [0.2, 0.25) is 0 Å². The van der Waals surface area contributed by atoms with Crippen molar-refractivity contribution in [1.82, 2.24) is 10.3 Å². The number of anilines is 4. The molecule has 0 saturated carbocycles. The van der Waals surface area contributed by atoms with Gasteiger partial charge in [-0.3, -0.25) is 4.72 Å². The molecule has 0 unspecified atom stereocenters. The molecule has 1 heterocycles. The minimum atomic E-state index is -4.22. The number of nitrogens with zero attached hydrogens (tertiary/aromatic N) is 2. The highest BCUT2D eigenvalue weighted by Gasteiger charge is 2.23. The first-order chi connectivity index (χ1) is 14.7. The monoisotopic (exact) mass is 487 g/mol. The molecule has 0 saturated heterocycles. The zero-order chi connectivity index (χ0) is 22.6. The van der Waals surface area contributed by atoms with Crippen LogP contribution in [0.2, 0.25) is 5.02 Å². The Bertz CT molecular complexity index is 1160. The van der Waals surface area contributed by atoms with E-state index in [4.69, 9.17) is 11.6 Å². The van der Waals surface area contributed by atoms with Crippen LogP contribution in [0.3, 0.4) is 0 Å². The fraction of sp³-hybridized carbons (Fsp3) is 0.211. The molecule has 0 atom stereocenters. The Balaban J connectivity index is 1.91. The first-order valence-electron chi connectivity index (χ1n) is 9.03. The number of aromatic nitrogens is 1. The predicted octanol–water partition coefficient (Wildman–Crippen LogP) is 4.27. The van der Waals surface area contributed by atoms with E-state index in [0.29, 0.717) is 24.5 Å². The summed E-state index contributed by atoms with van der Waals surface area (Å²) in [5.74, 6) is -1.34. The molecule has 31 heavy (non-hydrogen) atoms. The molecular formula is C19H20ClF2N5O2S2. The number of sulfonamides is 1. The Hall–Kier alpha value is -2.47. The molecule has 0 fully saturated rings. The summed E-state index contributed by atoms with van der Waals surface area (Å²) < 4.78 is 55.8. The molecule has 0 radical (unpaired) electrons. The van der Waals surface area contributed by atoms with Gasteiger partial charge in [-0.25, -0.2) is 22.2 Å². The third-order valence-electron chi connectivity index (χ3n) is 4.32. The second-order valence-corrected chi connectivity index (χ2v) is 9.33. The van der Waals surface area contributed by atoms with Gasteiger partial charge in [0.05, 0.1) is 27.6 Å². The van der Waals surface area contributed by atoms with Crippen LogP contribution in [0.4, 0.5) is 31.7 Å². The fourth-order valence-corrected chi connectivity index (χ4v) is 4.68. The summed E-state index contributed by atoms with van der Waals surface area (Å²) in [7, 11) is -0.625. The Morgan fingerprint density at radius 2 is 1.97 bits per heavy atom. The maximum Gasteiger partial charge on any atom is 0.266 e. The normalized spacial score (nSPS) is 11.4. The van der Waals surface area contributed by atoms with E-state index in [1.807, 2.05) is 4.90 Å². The average molecular weight is 488 g/mol. The van der Waals surface area contributed by atoms with E-state index in [1.165, 1.54) is 40.4 Å². The number of thiazole rings is 1. The summed E-state index contributed by atoms with van der Waals surface area (Å²) in [6.07, 6.45) is 0. The molecule has 3 aromatic rings. The van der Waals surface area contributed by atoms with E-state index in [2.05, 4.69) is 20.3 Å². The molecule has 0 aliphatic heterocycles. The molecule has 0 aliphatic rings. The van der Waals surface area contributed by atoms with Crippen LogP contribution in [-0.2, 0) is 10.0 Å². The molecular weight excluding hydrogens is 468 g/mol. The average Bonchev–Trinajstić information content (AvgIpc) is 3.22. The first kappa shape index (κ1) is 23.2. The lowest BCUT2D eigenvalue weighted by Crippen LogP contribution is -2.27. The van der Waals surface area contributed by atoms with Crippen molar-refractivity contribution in [2.45, 2.75) is 4.90 Å². The number of likely N-dealkylation sites (N-methyl/N-ethyl adjacent to an activating group) is 2. The van der Waals surface area contributed by atoms with Gasteiger partial charge in [-0.2, -0.15) is 0 Å². The summed E-state index contributed by atoms with van der Waals surface area (Å²) in [4.78, 5) is 5.04. The van der Waals surface area contributed by atoms with Gasteiger partial charge >= 0.3 is 0 Å². The molecule has 0 bridgehead atoms. The van der Waals surface area contributed by atoms with Crippen LogP contribution in [0, 0.1) is 11.6 Å². The zero-order valence-corrected chi connectivity index (χ0v) is 19.0. The molecule has 3 N–H and O–H groups in total. The molecule has 166 valence electrons. The molecule has 7 nitrogen and oxygen atoms in total. The Kier molecular flexibility index (Phi) is 7.31. The SMILES string of the molecule is CNCCN(C)c1cc(F)ccc1Nc1cc(F)c(S(=O)(=O)Nc2cscn2)cc1Cl. The molecule has 3 rings (SSSR count). The second kappa shape index (κ2) is 9.77. The van der Waals surface area contributed by atoms with E-state index in [0.717, 1.165) is 12.1 Å². The van der Waals surface area contributed by atoms with Crippen LogP contribution in [0.15, 0.2) is 46.1 Å². The zero-order valence-electron chi connectivity index (χ0n) is 16.6. The van der Waals surface area contributed by atoms with Gasteiger partial charge in [-0.1, -0.05) is 11.6 Å². The topological polar surface area (TPSA) is 86.4 Å².